The SMILES string of the molecule is Cc1c(C(=O)CN2C3CCC2[C@H](O)C3)cc(C(C)CCS(C)(=O)=O)n1-c1ccc(C#N)cc1. The number of aromatic nitrogens is 1. The zero-order chi connectivity index (χ0) is 23.9. The summed E-state index contributed by atoms with van der Waals surface area (Å²) in [4.78, 5) is 15.6. The third-order valence-corrected chi connectivity index (χ3v) is 8.21. The van der Waals surface area contributed by atoms with E-state index in [1.165, 1.54) is 6.26 Å². The first-order chi connectivity index (χ1) is 15.6. The Kier molecular flexibility index (Phi) is 6.50. The molecule has 1 aromatic carbocycles. The number of nitrogens with zero attached hydrogens (tertiary/aromatic N) is 3. The Morgan fingerprint density at radius 2 is 1.97 bits per heavy atom. The summed E-state index contributed by atoms with van der Waals surface area (Å²) in [5.41, 5.74) is 3.70. The molecule has 33 heavy (non-hydrogen) atoms. The topological polar surface area (TPSA) is 103 Å². The Labute approximate surface area is 195 Å². The lowest BCUT2D eigenvalue weighted by molar-refractivity contribution is 0.0873. The molecule has 8 heteroatoms. The van der Waals surface area contributed by atoms with Crippen LogP contribution in [-0.4, -0.2) is 65.5 Å². The van der Waals surface area contributed by atoms with Gasteiger partial charge < -0.3 is 9.67 Å². The van der Waals surface area contributed by atoms with Crippen LogP contribution < -0.4 is 0 Å². The summed E-state index contributed by atoms with van der Waals surface area (Å²) in [5.74, 6) is 0.00669. The van der Waals surface area contributed by atoms with Crippen molar-refractivity contribution < 1.29 is 18.3 Å². The highest BCUT2D eigenvalue weighted by Gasteiger charge is 2.46. The van der Waals surface area contributed by atoms with Gasteiger partial charge in [0.15, 0.2) is 5.78 Å². The average molecular weight is 470 g/mol. The van der Waals surface area contributed by atoms with Crippen LogP contribution in [0.2, 0.25) is 0 Å². The number of carbonyl (C=O) groups excluding carboxylic acids is 1. The van der Waals surface area contributed by atoms with Crippen LogP contribution in [0.15, 0.2) is 30.3 Å². The molecule has 0 radical (unpaired) electrons. The summed E-state index contributed by atoms with van der Waals surface area (Å²) >= 11 is 0. The van der Waals surface area contributed by atoms with Crippen molar-refractivity contribution in [3.8, 4) is 11.8 Å². The lowest BCUT2D eigenvalue weighted by Gasteiger charge is -2.21. The lowest BCUT2D eigenvalue weighted by Crippen LogP contribution is -2.36. The third kappa shape index (κ3) is 4.77. The summed E-state index contributed by atoms with van der Waals surface area (Å²) in [6.45, 7) is 4.17. The monoisotopic (exact) mass is 469 g/mol. The molecule has 2 aliphatic rings. The third-order valence-electron chi connectivity index (χ3n) is 7.23. The van der Waals surface area contributed by atoms with Crippen LogP contribution in [0.1, 0.15) is 65.8 Å². The van der Waals surface area contributed by atoms with Gasteiger partial charge in [-0.05, 0) is 68.9 Å². The molecule has 2 aliphatic heterocycles. The van der Waals surface area contributed by atoms with Crippen LogP contribution in [0, 0.1) is 18.3 Å². The average Bonchev–Trinajstić information content (AvgIpc) is 3.41. The highest BCUT2D eigenvalue weighted by Crippen LogP contribution is 2.38. The minimum Gasteiger partial charge on any atom is -0.391 e. The molecule has 0 saturated carbocycles. The predicted molar refractivity (Wildman–Crippen MR) is 126 cm³/mol. The normalized spacial score (nSPS) is 23.5. The number of fused-ring (bicyclic) bond motifs is 2. The van der Waals surface area contributed by atoms with E-state index in [2.05, 4.69) is 11.0 Å². The van der Waals surface area contributed by atoms with Gasteiger partial charge in [0.1, 0.15) is 9.84 Å². The van der Waals surface area contributed by atoms with Crippen molar-refractivity contribution in [2.75, 3.05) is 18.6 Å². The van der Waals surface area contributed by atoms with E-state index in [4.69, 9.17) is 5.26 Å². The first-order valence-corrected chi connectivity index (χ1v) is 13.5. The Morgan fingerprint density at radius 3 is 2.52 bits per heavy atom. The van der Waals surface area contributed by atoms with Crippen LogP contribution in [0.25, 0.3) is 5.69 Å². The molecule has 4 rings (SSSR count). The molecule has 2 aromatic rings. The first-order valence-electron chi connectivity index (χ1n) is 11.5. The maximum Gasteiger partial charge on any atom is 0.178 e. The molecule has 0 spiro atoms. The number of Topliss-reactive ketones (excluding diaryl/α,β-unsaturated/α-hetero) is 1. The van der Waals surface area contributed by atoms with Gasteiger partial charge in [-0.15, -0.1) is 0 Å². The van der Waals surface area contributed by atoms with E-state index in [0.717, 1.165) is 36.3 Å². The number of aliphatic hydroxyl groups is 1. The van der Waals surface area contributed by atoms with Crippen molar-refractivity contribution in [3.63, 3.8) is 0 Å². The smallest absolute Gasteiger partial charge is 0.178 e. The first kappa shape index (κ1) is 23.7. The highest BCUT2D eigenvalue weighted by molar-refractivity contribution is 7.90. The van der Waals surface area contributed by atoms with E-state index in [1.807, 2.05) is 36.6 Å². The van der Waals surface area contributed by atoms with Crippen molar-refractivity contribution in [2.24, 2.45) is 0 Å². The van der Waals surface area contributed by atoms with Crippen molar-refractivity contribution in [1.29, 1.82) is 5.26 Å². The van der Waals surface area contributed by atoms with Gasteiger partial charge in [-0.25, -0.2) is 8.42 Å². The zero-order valence-corrected chi connectivity index (χ0v) is 20.2. The van der Waals surface area contributed by atoms with Gasteiger partial charge in [0.05, 0.1) is 30.0 Å². The summed E-state index contributed by atoms with van der Waals surface area (Å²) in [5, 5.41) is 19.4. The van der Waals surface area contributed by atoms with Crippen LogP contribution in [0.4, 0.5) is 0 Å². The molecule has 2 bridgehead atoms. The zero-order valence-electron chi connectivity index (χ0n) is 19.4. The quantitative estimate of drug-likeness (QED) is 0.596. The minimum atomic E-state index is -3.10. The molecule has 0 aliphatic carbocycles. The van der Waals surface area contributed by atoms with Gasteiger partial charge >= 0.3 is 0 Å². The number of aliphatic hydroxyl groups excluding tert-OH is 1. The number of nitriles is 1. The number of hydrogen-bond donors (Lipinski definition) is 1. The molecule has 176 valence electrons. The van der Waals surface area contributed by atoms with Crippen LogP contribution >= 0.6 is 0 Å². The van der Waals surface area contributed by atoms with E-state index in [0.29, 0.717) is 17.5 Å². The number of rotatable bonds is 8. The Hall–Kier alpha value is -2.47. The second-order valence-electron chi connectivity index (χ2n) is 9.58. The molecule has 3 heterocycles. The Bertz CT molecular complexity index is 1190. The van der Waals surface area contributed by atoms with Gasteiger partial charge in [0.25, 0.3) is 0 Å². The maximum absolute atomic E-state index is 13.4. The molecular formula is C25H31N3O4S. The van der Waals surface area contributed by atoms with Crippen molar-refractivity contribution >= 4 is 15.6 Å². The number of sulfone groups is 1. The molecule has 4 atom stereocenters. The van der Waals surface area contributed by atoms with Crippen molar-refractivity contribution in [1.82, 2.24) is 9.47 Å². The maximum atomic E-state index is 13.4. The van der Waals surface area contributed by atoms with Crippen LogP contribution in [0.3, 0.4) is 0 Å². The fraction of sp³-hybridized carbons (Fsp3) is 0.520. The fourth-order valence-electron chi connectivity index (χ4n) is 5.41. The largest absolute Gasteiger partial charge is 0.391 e. The fourth-order valence-corrected chi connectivity index (χ4v) is 6.19. The van der Waals surface area contributed by atoms with Crippen LogP contribution in [-0.2, 0) is 9.84 Å². The molecule has 3 unspecified atom stereocenters. The molecule has 2 fully saturated rings. The predicted octanol–water partition coefficient (Wildman–Crippen LogP) is 2.98. The summed E-state index contributed by atoms with van der Waals surface area (Å²) in [7, 11) is -3.10. The Morgan fingerprint density at radius 1 is 1.27 bits per heavy atom. The number of carbonyl (C=O) groups is 1. The molecule has 7 nitrogen and oxygen atoms in total. The molecule has 1 N–H and O–H groups in total. The lowest BCUT2D eigenvalue weighted by atomic mass is 9.98. The van der Waals surface area contributed by atoms with Gasteiger partial charge in [-0.3, -0.25) is 9.69 Å². The van der Waals surface area contributed by atoms with E-state index >= 15 is 0 Å². The van der Waals surface area contributed by atoms with Crippen LogP contribution in [0.5, 0.6) is 0 Å². The minimum absolute atomic E-state index is 0.0162. The summed E-state index contributed by atoms with van der Waals surface area (Å²) in [6, 6.07) is 11.5. The van der Waals surface area contributed by atoms with Gasteiger partial charge in [-0.2, -0.15) is 5.26 Å². The molecule has 2 saturated heterocycles. The van der Waals surface area contributed by atoms with Crippen molar-refractivity contribution in [2.45, 2.75) is 63.6 Å². The van der Waals surface area contributed by atoms with Gasteiger partial charge in [0.2, 0.25) is 0 Å². The highest BCUT2D eigenvalue weighted by atomic mass is 32.2. The number of ketones is 1. The van der Waals surface area contributed by atoms with E-state index in [9.17, 15) is 18.3 Å². The molecule has 1 aromatic heterocycles. The van der Waals surface area contributed by atoms with Gasteiger partial charge in [-0.1, -0.05) is 6.92 Å². The summed E-state index contributed by atoms with van der Waals surface area (Å²) in [6.07, 6.45) is 4.02. The summed E-state index contributed by atoms with van der Waals surface area (Å²) < 4.78 is 25.5. The molecular weight excluding hydrogens is 438 g/mol. The van der Waals surface area contributed by atoms with Gasteiger partial charge in [0, 0.05) is 41.0 Å². The van der Waals surface area contributed by atoms with E-state index in [1.54, 1.807) is 12.1 Å². The van der Waals surface area contributed by atoms with Crippen molar-refractivity contribution in [3.05, 3.63) is 52.8 Å². The Balaban J connectivity index is 1.68. The second-order valence-corrected chi connectivity index (χ2v) is 11.8. The molecule has 0 amide bonds. The number of hydrogen-bond acceptors (Lipinski definition) is 6. The number of benzene rings is 1. The standard InChI is InChI=1S/C25H31N3O4S/c1-16(10-11-33(3,31)32)23-13-21(17(2)28(23)19-6-4-18(14-26)5-7-19)25(30)15-27-20-8-9-22(27)24(29)12-20/h4-7,13,16,20,22,24,29H,8-12,15H2,1-3H3/t16?,20?,22?,24-/m1/s1. The van der Waals surface area contributed by atoms with E-state index in [-0.39, 0.29) is 42.2 Å². The van der Waals surface area contributed by atoms with E-state index < -0.39 is 9.84 Å². The second kappa shape index (κ2) is 9.05.